The van der Waals surface area contributed by atoms with Gasteiger partial charge in [-0.05, 0) is 0 Å². The Hall–Kier alpha value is 0.640. The molecule has 1 unspecified atom stereocenters. The van der Waals surface area contributed by atoms with Gasteiger partial charge in [-0.25, -0.2) is 22.8 Å². The average molecular weight is 411 g/mol. The molecule has 0 saturated heterocycles. The van der Waals surface area contributed by atoms with Crippen LogP contribution in [-0.4, -0.2) is 6.88 Å². The number of hydrogen-bond donors (Lipinski definition) is 0. The average Bonchev–Trinajstić information content (AvgIpc) is 2.82. The maximum atomic E-state index is 3.29. The van der Waals surface area contributed by atoms with Gasteiger partial charge >= 0.3 is 30.2 Å². The normalized spacial score (nSPS) is 16.8. The van der Waals surface area contributed by atoms with Crippen molar-refractivity contribution in [2.24, 2.45) is 5.92 Å². The van der Waals surface area contributed by atoms with Crippen molar-refractivity contribution >= 4 is 31.7 Å². The van der Waals surface area contributed by atoms with Gasteiger partial charge in [-0.15, -0.1) is 45.1 Å². The molecule has 0 aliphatic heterocycles. The van der Waals surface area contributed by atoms with Gasteiger partial charge in [0.1, 0.15) is 0 Å². The molecule has 0 fully saturated rings. The first-order chi connectivity index (χ1) is 7.59. The molecule has 0 amide bonds. The molecule has 0 nitrogen and oxygen atoms in total. The zero-order valence-electron chi connectivity index (χ0n) is 13.5. The van der Waals surface area contributed by atoms with Crippen LogP contribution in [0.25, 0.3) is 0 Å². The SMILES string of the molecule is CC1=CC[C-]=C1.CC1=[C-]C(C)C=C1C.Cl.Cl.[CH3-].[CH3-].[SiH2]=[Zr]. The van der Waals surface area contributed by atoms with E-state index in [9.17, 15) is 0 Å². The number of hydrogen-bond acceptors (Lipinski definition) is 0. The van der Waals surface area contributed by atoms with Crippen LogP contribution < -0.4 is 0 Å². The molecule has 0 bridgehead atoms. The molecule has 0 spiro atoms. The van der Waals surface area contributed by atoms with E-state index in [1.165, 1.54) is 16.7 Å². The minimum atomic E-state index is 0. The minimum absolute atomic E-state index is 0. The van der Waals surface area contributed by atoms with Crippen LogP contribution >= 0.6 is 24.8 Å². The van der Waals surface area contributed by atoms with Crippen molar-refractivity contribution in [2.45, 2.75) is 34.1 Å². The van der Waals surface area contributed by atoms with Gasteiger partial charge in [0.25, 0.3) is 0 Å². The molecule has 4 heteroatoms. The molecule has 2 rings (SSSR count). The Balaban J connectivity index is -0.0000000575. The number of rotatable bonds is 0. The Morgan fingerprint density at radius 1 is 1.15 bits per heavy atom. The number of allylic oxidation sites excluding steroid dienone is 8. The van der Waals surface area contributed by atoms with Crippen molar-refractivity contribution in [3.8, 4) is 0 Å². The maximum absolute atomic E-state index is 3.29. The third-order valence-corrected chi connectivity index (χ3v) is 2.41. The Kier molecular flexibility index (Phi) is 32.0. The molecule has 2 aliphatic rings. The first kappa shape index (κ1) is 32.5. The fourth-order valence-corrected chi connectivity index (χ4v) is 1.50. The first-order valence-corrected chi connectivity index (χ1v) is 11.4. The molecule has 0 heterocycles. The second-order valence-electron chi connectivity index (χ2n) is 3.91. The van der Waals surface area contributed by atoms with Crippen molar-refractivity contribution in [3.05, 3.63) is 62.0 Å². The van der Waals surface area contributed by atoms with E-state index in [0.29, 0.717) is 5.92 Å². The van der Waals surface area contributed by atoms with E-state index in [1.807, 2.05) is 13.0 Å². The van der Waals surface area contributed by atoms with Gasteiger partial charge in [0, 0.05) is 0 Å². The predicted molar refractivity (Wildman–Crippen MR) is 97.4 cm³/mol. The van der Waals surface area contributed by atoms with E-state index in [2.05, 4.69) is 52.0 Å². The Bertz CT molecular complexity index is 324. The van der Waals surface area contributed by atoms with Gasteiger partial charge in [0.2, 0.25) is 0 Å². The van der Waals surface area contributed by atoms with Crippen LogP contribution in [0.4, 0.5) is 0 Å². The standard InChI is InChI=1S/C8H11.C6H7.2CH3.2ClH.H2Si.Zr/c1-6-4-7(2)8(3)5-6;1-6-4-2-3-5-6;;;;;;/h4,6H,1-3H3;4-5H,2H2,1H3;2*1H3;2*1H;1H2;/q4*-1;;;;. The second-order valence-corrected chi connectivity index (χ2v) is 3.91. The Labute approximate surface area is 156 Å². The van der Waals surface area contributed by atoms with E-state index in [4.69, 9.17) is 0 Å². The van der Waals surface area contributed by atoms with Crippen LogP contribution in [0.15, 0.2) is 34.9 Å². The summed E-state index contributed by atoms with van der Waals surface area (Å²) in [6.07, 6.45) is 13.8. The molecule has 2 aliphatic carbocycles. The Morgan fingerprint density at radius 2 is 1.65 bits per heavy atom. The van der Waals surface area contributed by atoms with E-state index >= 15 is 0 Å². The molecule has 0 aromatic heterocycles. The molecule has 0 radical (unpaired) electrons. The van der Waals surface area contributed by atoms with Crippen LogP contribution in [0.5, 0.6) is 0 Å². The van der Waals surface area contributed by atoms with Crippen molar-refractivity contribution in [1.29, 1.82) is 0 Å². The topological polar surface area (TPSA) is 0 Å². The summed E-state index contributed by atoms with van der Waals surface area (Å²) in [5, 5.41) is 0. The van der Waals surface area contributed by atoms with Gasteiger partial charge in [-0.1, -0.05) is 19.8 Å². The molecule has 0 aromatic carbocycles. The van der Waals surface area contributed by atoms with Crippen molar-refractivity contribution in [3.63, 3.8) is 0 Å². The zero-order chi connectivity index (χ0) is 12.6. The summed E-state index contributed by atoms with van der Waals surface area (Å²) in [7, 11) is 0. The van der Waals surface area contributed by atoms with Gasteiger partial charge in [0.15, 0.2) is 0 Å². The summed E-state index contributed by atoms with van der Waals surface area (Å²) in [5.41, 5.74) is 4.05. The fourth-order valence-electron chi connectivity index (χ4n) is 1.50. The molecule has 20 heavy (non-hydrogen) atoms. The first-order valence-electron chi connectivity index (χ1n) is 5.47. The quantitative estimate of drug-likeness (QED) is 0.395. The van der Waals surface area contributed by atoms with Gasteiger partial charge in [-0.2, -0.15) is 12.2 Å². The summed E-state index contributed by atoms with van der Waals surface area (Å²) in [4.78, 5) is 0. The zero-order valence-corrected chi connectivity index (χ0v) is 19.0. The third kappa shape index (κ3) is 15.0. The molecule has 0 saturated carbocycles. The van der Waals surface area contributed by atoms with Gasteiger partial charge < -0.3 is 14.9 Å². The van der Waals surface area contributed by atoms with Crippen molar-refractivity contribution in [2.75, 3.05) is 0 Å². The molecule has 1 atom stereocenters. The Morgan fingerprint density at radius 3 is 1.75 bits per heavy atom. The van der Waals surface area contributed by atoms with Gasteiger partial charge in [-0.3, -0.25) is 12.2 Å². The molecular formula is C16H28Cl2SiZr-4. The summed E-state index contributed by atoms with van der Waals surface area (Å²) in [6.45, 7) is 10.4. The van der Waals surface area contributed by atoms with E-state index < -0.39 is 0 Å². The molecule has 0 aromatic rings. The van der Waals surface area contributed by atoms with E-state index in [0.717, 1.165) is 6.42 Å². The second kappa shape index (κ2) is 19.6. The van der Waals surface area contributed by atoms with Crippen LogP contribution in [-0.2, 0) is 23.3 Å². The van der Waals surface area contributed by atoms with Crippen LogP contribution in [0.1, 0.15) is 34.1 Å². The van der Waals surface area contributed by atoms with E-state index in [-0.39, 0.29) is 39.7 Å². The van der Waals surface area contributed by atoms with Crippen LogP contribution in [0.3, 0.4) is 0 Å². The number of halogens is 2. The third-order valence-electron chi connectivity index (χ3n) is 2.41. The van der Waals surface area contributed by atoms with Crippen LogP contribution in [0.2, 0.25) is 0 Å². The summed E-state index contributed by atoms with van der Waals surface area (Å²) in [5.74, 6) is 0.551. The van der Waals surface area contributed by atoms with Gasteiger partial charge in [0.05, 0.1) is 0 Å². The fraction of sp³-hybridized carbons (Fsp3) is 0.375. The molecular weight excluding hydrogens is 382 g/mol. The van der Waals surface area contributed by atoms with E-state index in [1.54, 1.807) is 23.3 Å². The monoisotopic (exact) mass is 408 g/mol. The molecule has 0 N–H and O–H groups in total. The van der Waals surface area contributed by atoms with Crippen molar-refractivity contribution < 1.29 is 23.3 Å². The predicted octanol–water partition coefficient (Wildman–Crippen LogP) is 4.85. The van der Waals surface area contributed by atoms with Crippen LogP contribution in [0, 0.1) is 32.9 Å². The summed E-state index contributed by atoms with van der Waals surface area (Å²) in [6, 6.07) is 0. The summed E-state index contributed by atoms with van der Waals surface area (Å²) < 4.78 is 0. The molecule has 118 valence electrons. The summed E-state index contributed by atoms with van der Waals surface area (Å²) >= 11 is 1.58. The van der Waals surface area contributed by atoms with Crippen molar-refractivity contribution in [1.82, 2.24) is 0 Å².